The summed E-state index contributed by atoms with van der Waals surface area (Å²) in [7, 11) is 0. The average molecular weight is 485 g/mol. The van der Waals surface area contributed by atoms with Gasteiger partial charge in [0.1, 0.15) is 5.65 Å². The van der Waals surface area contributed by atoms with Gasteiger partial charge in [0.25, 0.3) is 0 Å². The summed E-state index contributed by atoms with van der Waals surface area (Å²) in [5.41, 5.74) is 4.28. The number of pyridine rings is 1. The van der Waals surface area contributed by atoms with Gasteiger partial charge in [0.05, 0.1) is 16.6 Å². The van der Waals surface area contributed by atoms with Crippen molar-refractivity contribution in [2.45, 2.75) is 0 Å². The van der Waals surface area contributed by atoms with Gasteiger partial charge in [-0.25, -0.2) is 4.98 Å². The summed E-state index contributed by atoms with van der Waals surface area (Å²) >= 11 is 6.63. The van der Waals surface area contributed by atoms with Crippen LogP contribution in [0.25, 0.3) is 38.4 Å². The zero-order valence-electron chi connectivity index (χ0n) is 18.9. The molecule has 0 radical (unpaired) electrons. The lowest BCUT2D eigenvalue weighted by atomic mass is 10.1. The van der Waals surface area contributed by atoms with E-state index in [1.807, 2.05) is 6.07 Å². The normalized spacial score (nSPS) is 12.1. The molecular formula is C31H21N2PS. The standard InChI is InChI=1S/C31H21N2PS/c35-34(22-11-3-1-4-12-22,23-13-5-2-6-14-23)24-19-20-26-27(21-24)25-15-7-9-17-29(25)33-30-18-10-8-16-28(30)32-31(26)33/h1-21H. The van der Waals surface area contributed by atoms with Crippen LogP contribution in [0.2, 0.25) is 0 Å². The third-order valence-corrected chi connectivity index (χ3v) is 11.8. The van der Waals surface area contributed by atoms with E-state index in [0.717, 1.165) is 27.6 Å². The first-order chi connectivity index (χ1) is 17.2. The van der Waals surface area contributed by atoms with Crippen molar-refractivity contribution in [2.75, 3.05) is 0 Å². The van der Waals surface area contributed by atoms with Gasteiger partial charge >= 0.3 is 0 Å². The summed E-state index contributed by atoms with van der Waals surface area (Å²) in [6.45, 7) is 0. The van der Waals surface area contributed by atoms with Gasteiger partial charge in [0.15, 0.2) is 0 Å². The molecule has 0 saturated heterocycles. The number of hydrogen-bond acceptors (Lipinski definition) is 2. The molecule has 5 aromatic carbocycles. The van der Waals surface area contributed by atoms with Gasteiger partial charge in [0, 0.05) is 16.8 Å². The SMILES string of the molecule is S=P(c1ccccc1)(c1ccccc1)c1ccc2c(c1)c1ccccc1n1c3ccccc3nc21. The summed E-state index contributed by atoms with van der Waals surface area (Å²) < 4.78 is 2.29. The second-order valence-corrected chi connectivity index (χ2v) is 13.2. The molecule has 0 fully saturated rings. The first kappa shape index (κ1) is 20.6. The molecule has 0 amide bonds. The first-order valence-electron chi connectivity index (χ1n) is 11.7. The van der Waals surface area contributed by atoms with E-state index in [1.165, 1.54) is 26.7 Å². The first-order valence-corrected chi connectivity index (χ1v) is 14.5. The van der Waals surface area contributed by atoms with Gasteiger partial charge in [0.2, 0.25) is 0 Å². The molecular weight excluding hydrogens is 463 g/mol. The van der Waals surface area contributed by atoms with Crippen molar-refractivity contribution in [1.82, 2.24) is 9.38 Å². The number of benzene rings is 5. The molecule has 2 nitrogen and oxygen atoms in total. The zero-order chi connectivity index (χ0) is 23.4. The highest BCUT2D eigenvalue weighted by atomic mass is 32.4. The minimum absolute atomic E-state index is 0.985. The van der Waals surface area contributed by atoms with Gasteiger partial charge in [-0.05, 0) is 51.6 Å². The molecule has 166 valence electrons. The fourth-order valence-electron chi connectivity index (χ4n) is 5.22. The zero-order valence-corrected chi connectivity index (χ0v) is 20.6. The summed E-state index contributed by atoms with van der Waals surface area (Å²) in [5, 5.41) is 7.16. The number of imidazole rings is 1. The summed E-state index contributed by atoms with van der Waals surface area (Å²) in [5.74, 6) is 0. The van der Waals surface area contributed by atoms with E-state index < -0.39 is 6.04 Å². The maximum atomic E-state index is 6.63. The van der Waals surface area contributed by atoms with Crippen LogP contribution < -0.4 is 15.9 Å². The number of rotatable bonds is 3. The van der Waals surface area contributed by atoms with Crippen molar-refractivity contribution in [3.63, 3.8) is 0 Å². The molecule has 4 heteroatoms. The smallest absolute Gasteiger partial charge is 0.146 e. The van der Waals surface area contributed by atoms with Crippen LogP contribution in [0.3, 0.4) is 0 Å². The quantitative estimate of drug-likeness (QED) is 0.209. The molecule has 7 rings (SSSR count). The van der Waals surface area contributed by atoms with E-state index in [4.69, 9.17) is 16.8 Å². The molecule has 0 atom stereocenters. The van der Waals surface area contributed by atoms with Crippen LogP contribution in [-0.4, -0.2) is 9.38 Å². The highest BCUT2D eigenvalue weighted by Gasteiger charge is 2.25. The minimum atomic E-state index is -2.24. The molecule has 0 bridgehead atoms. The molecule has 0 N–H and O–H groups in total. The molecule has 7 aromatic rings. The Labute approximate surface area is 208 Å². The summed E-state index contributed by atoms with van der Waals surface area (Å²) in [6, 6.07) is 42.7. The Morgan fingerprint density at radius 3 is 1.83 bits per heavy atom. The second kappa shape index (κ2) is 7.88. The summed E-state index contributed by atoms with van der Waals surface area (Å²) in [4.78, 5) is 5.05. The Balaban J connectivity index is 1.62. The molecule has 0 unspecified atom stereocenters. The lowest BCUT2D eigenvalue weighted by Gasteiger charge is -2.24. The van der Waals surface area contributed by atoms with Crippen molar-refractivity contribution in [3.05, 3.63) is 127 Å². The van der Waals surface area contributed by atoms with Crippen LogP contribution in [0, 0.1) is 0 Å². The van der Waals surface area contributed by atoms with Crippen molar-refractivity contribution in [3.8, 4) is 0 Å². The van der Waals surface area contributed by atoms with E-state index in [2.05, 4.69) is 126 Å². The number of fused-ring (bicyclic) bond motifs is 8. The Morgan fingerprint density at radius 2 is 1.11 bits per heavy atom. The maximum Gasteiger partial charge on any atom is 0.146 e. The van der Waals surface area contributed by atoms with Crippen LogP contribution in [-0.2, 0) is 11.8 Å². The van der Waals surface area contributed by atoms with Gasteiger partial charge < -0.3 is 0 Å². The number of hydrogen-bond donors (Lipinski definition) is 0. The van der Waals surface area contributed by atoms with Gasteiger partial charge in [-0.2, -0.15) is 0 Å². The second-order valence-electron chi connectivity index (χ2n) is 8.79. The number of nitrogens with zero attached hydrogens (tertiary/aromatic N) is 2. The van der Waals surface area contributed by atoms with Crippen LogP contribution in [0.4, 0.5) is 0 Å². The third kappa shape index (κ3) is 3.02. The predicted octanol–water partition coefficient (Wildman–Crippen LogP) is 6.55. The topological polar surface area (TPSA) is 17.3 Å². The van der Waals surface area contributed by atoms with E-state index in [0.29, 0.717) is 0 Å². The van der Waals surface area contributed by atoms with Crippen LogP contribution in [0.1, 0.15) is 0 Å². The molecule has 0 aliphatic rings. The lowest BCUT2D eigenvalue weighted by Crippen LogP contribution is -2.24. The number of aromatic nitrogens is 2. The monoisotopic (exact) mass is 484 g/mol. The average Bonchev–Trinajstić information content (AvgIpc) is 3.33. The highest BCUT2D eigenvalue weighted by Crippen LogP contribution is 2.44. The molecule has 0 aliphatic heterocycles. The Bertz CT molecular complexity index is 1880. The van der Waals surface area contributed by atoms with Gasteiger partial charge in [-0.15, -0.1) is 0 Å². The van der Waals surface area contributed by atoms with E-state index in [9.17, 15) is 0 Å². The van der Waals surface area contributed by atoms with Gasteiger partial charge in [-0.3, -0.25) is 4.40 Å². The third-order valence-electron chi connectivity index (χ3n) is 6.84. The van der Waals surface area contributed by atoms with Gasteiger partial charge in [-0.1, -0.05) is 109 Å². The van der Waals surface area contributed by atoms with Crippen LogP contribution in [0.15, 0.2) is 127 Å². The lowest BCUT2D eigenvalue weighted by molar-refractivity contribution is 1.32. The molecule has 0 aliphatic carbocycles. The largest absolute Gasteiger partial charge is 0.292 e. The molecule has 2 aromatic heterocycles. The maximum absolute atomic E-state index is 6.63. The van der Waals surface area contributed by atoms with E-state index in [-0.39, 0.29) is 0 Å². The Kier molecular flexibility index (Phi) is 4.63. The van der Waals surface area contributed by atoms with E-state index in [1.54, 1.807) is 0 Å². The van der Waals surface area contributed by atoms with E-state index >= 15 is 0 Å². The summed E-state index contributed by atoms with van der Waals surface area (Å²) in [6.07, 6.45) is 0. The van der Waals surface area contributed by atoms with Crippen molar-refractivity contribution in [2.24, 2.45) is 0 Å². The fraction of sp³-hybridized carbons (Fsp3) is 0. The fourth-order valence-corrected chi connectivity index (χ4v) is 8.96. The molecule has 35 heavy (non-hydrogen) atoms. The van der Waals surface area contributed by atoms with Crippen LogP contribution >= 0.6 is 6.04 Å². The highest BCUT2D eigenvalue weighted by molar-refractivity contribution is 8.25. The Hall–Kier alpha value is -3.78. The number of para-hydroxylation sites is 3. The predicted molar refractivity (Wildman–Crippen MR) is 154 cm³/mol. The molecule has 2 heterocycles. The van der Waals surface area contributed by atoms with Crippen molar-refractivity contribution < 1.29 is 0 Å². The van der Waals surface area contributed by atoms with Crippen molar-refractivity contribution >= 4 is 72.1 Å². The Morgan fingerprint density at radius 1 is 0.514 bits per heavy atom. The van der Waals surface area contributed by atoms with Crippen LogP contribution in [0.5, 0.6) is 0 Å². The molecule has 0 spiro atoms. The van der Waals surface area contributed by atoms with Crippen molar-refractivity contribution in [1.29, 1.82) is 0 Å². The minimum Gasteiger partial charge on any atom is -0.292 e. The molecule has 0 saturated carbocycles.